The lowest BCUT2D eigenvalue weighted by Crippen LogP contribution is -2.61. The standard InChI is InChI=1S/C14H17NO8.C8H9NO5S.C8H9NO2/c1-6(16)15-7-2-4-8(5-3-7)22-14-11(19)9(17)10(18)12(23-14)13(20)21;1-6(10)9-7-2-4-8(5-3-7)14-15(11,12)13;1-6(10)9-7-2-4-8(11)5-3-7/h2-5,9-12,14,17-19H,1H3,(H,15,16)(H,20,21);2-5H,1H3,(H,9,10)(H,11,12,13);2-5,11H,1H3,(H,9,10). The van der Waals surface area contributed by atoms with Crippen LogP contribution in [0.5, 0.6) is 17.2 Å². The topological polar surface area (TPSA) is 288 Å². The van der Waals surface area contributed by atoms with Gasteiger partial charge >= 0.3 is 16.4 Å². The molecule has 0 bridgehead atoms. The van der Waals surface area contributed by atoms with Crippen LogP contribution in [0, 0.1) is 0 Å². The highest BCUT2D eigenvalue weighted by Crippen LogP contribution is 2.25. The lowest BCUT2D eigenvalue weighted by Gasteiger charge is -2.38. The SMILES string of the molecule is CC(=O)Nc1ccc(O)cc1.CC(=O)Nc1ccc(OC2OC(C(=O)O)C(O)C(O)C2O)cc1.CC(=O)Nc1ccc(OS(=O)(=O)O)cc1. The lowest BCUT2D eigenvalue weighted by molar-refractivity contribution is -0.271. The number of anilines is 3. The van der Waals surface area contributed by atoms with E-state index in [2.05, 4.69) is 20.1 Å². The van der Waals surface area contributed by atoms with Crippen molar-refractivity contribution < 1.29 is 71.3 Å². The highest BCUT2D eigenvalue weighted by atomic mass is 32.3. The number of phenolic OH excluding ortho intramolecular Hbond substituents is 1. The summed E-state index contributed by atoms with van der Waals surface area (Å²) in [4.78, 5) is 43.1. The molecule has 0 spiro atoms. The van der Waals surface area contributed by atoms with Crippen molar-refractivity contribution in [2.75, 3.05) is 16.0 Å². The van der Waals surface area contributed by atoms with Gasteiger partial charge in [-0.05, 0) is 72.8 Å². The Morgan fingerprint density at radius 2 is 1.04 bits per heavy atom. The second-order valence-electron chi connectivity index (χ2n) is 10.0. The third-order valence-electron chi connectivity index (χ3n) is 5.80. The van der Waals surface area contributed by atoms with Crippen LogP contribution in [0.3, 0.4) is 0 Å². The number of rotatable bonds is 8. The number of hydrogen-bond donors (Lipinski definition) is 9. The Labute approximate surface area is 279 Å². The molecule has 0 saturated carbocycles. The van der Waals surface area contributed by atoms with E-state index in [0.29, 0.717) is 17.1 Å². The van der Waals surface area contributed by atoms with E-state index in [1.54, 1.807) is 12.1 Å². The largest absolute Gasteiger partial charge is 0.508 e. The fourth-order valence-electron chi connectivity index (χ4n) is 3.77. The number of phenols is 1. The minimum absolute atomic E-state index is 0.0356. The molecule has 1 fully saturated rings. The summed E-state index contributed by atoms with van der Waals surface area (Å²) < 4.78 is 43.5. The summed E-state index contributed by atoms with van der Waals surface area (Å²) in [7, 11) is -4.50. The zero-order valence-corrected chi connectivity index (χ0v) is 26.9. The molecule has 3 aromatic carbocycles. The molecule has 5 unspecified atom stereocenters. The third-order valence-corrected chi connectivity index (χ3v) is 6.21. The predicted octanol–water partition coefficient (Wildman–Crippen LogP) is 1.09. The van der Waals surface area contributed by atoms with Gasteiger partial charge in [-0.25, -0.2) is 4.79 Å². The molecule has 19 heteroatoms. The van der Waals surface area contributed by atoms with Gasteiger partial charge in [-0.15, -0.1) is 0 Å². The fraction of sp³-hybridized carbons (Fsp3) is 0.267. The summed E-state index contributed by atoms with van der Waals surface area (Å²) in [6.07, 6.45) is -8.33. The van der Waals surface area contributed by atoms with Crippen LogP contribution in [0.25, 0.3) is 0 Å². The second kappa shape index (κ2) is 18.3. The average Bonchev–Trinajstić information content (AvgIpc) is 2.99. The predicted molar refractivity (Wildman–Crippen MR) is 171 cm³/mol. The number of aliphatic hydroxyl groups excluding tert-OH is 3. The van der Waals surface area contributed by atoms with E-state index in [1.807, 2.05) is 0 Å². The molecule has 49 heavy (non-hydrogen) atoms. The number of ether oxygens (including phenoxy) is 2. The highest BCUT2D eigenvalue weighted by Gasteiger charge is 2.48. The van der Waals surface area contributed by atoms with E-state index >= 15 is 0 Å². The van der Waals surface area contributed by atoms with Crippen LogP contribution in [0.1, 0.15) is 20.8 Å². The van der Waals surface area contributed by atoms with Crippen molar-refractivity contribution in [3.05, 3.63) is 72.8 Å². The van der Waals surface area contributed by atoms with Gasteiger partial charge in [0.15, 0.2) is 6.10 Å². The minimum Gasteiger partial charge on any atom is -0.508 e. The van der Waals surface area contributed by atoms with Gasteiger partial charge in [0.1, 0.15) is 35.6 Å². The number of carboxylic acids is 1. The number of carbonyl (C=O) groups is 4. The summed E-state index contributed by atoms with van der Waals surface area (Å²) >= 11 is 0. The Morgan fingerprint density at radius 1 is 0.653 bits per heavy atom. The zero-order valence-electron chi connectivity index (χ0n) is 26.1. The number of aromatic hydroxyl groups is 1. The second-order valence-corrected chi connectivity index (χ2v) is 11.0. The Morgan fingerprint density at radius 3 is 1.41 bits per heavy atom. The van der Waals surface area contributed by atoms with Gasteiger partial charge in [-0.1, -0.05) is 0 Å². The average molecular weight is 710 g/mol. The Balaban J connectivity index is 0.000000276. The number of carbonyl (C=O) groups excluding carboxylic acids is 3. The molecule has 18 nitrogen and oxygen atoms in total. The first kappa shape index (κ1) is 39.9. The van der Waals surface area contributed by atoms with Gasteiger partial charge in [0.25, 0.3) is 0 Å². The number of carboxylic acid groups (broad SMARTS) is 1. The molecule has 266 valence electrons. The van der Waals surface area contributed by atoms with Crippen molar-refractivity contribution in [1.29, 1.82) is 0 Å². The summed E-state index contributed by atoms with van der Waals surface area (Å²) in [6, 6.07) is 17.8. The van der Waals surface area contributed by atoms with Crippen LogP contribution < -0.4 is 24.9 Å². The van der Waals surface area contributed by atoms with E-state index in [4.69, 9.17) is 24.2 Å². The molecule has 1 heterocycles. The number of aliphatic carboxylic acids is 1. The number of amides is 3. The van der Waals surface area contributed by atoms with Crippen LogP contribution in [0.2, 0.25) is 0 Å². The molecular weight excluding hydrogens is 674 g/mol. The molecule has 0 aromatic heterocycles. The van der Waals surface area contributed by atoms with Crippen molar-refractivity contribution in [2.24, 2.45) is 0 Å². The highest BCUT2D eigenvalue weighted by molar-refractivity contribution is 7.81. The van der Waals surface area contributed by atoms with Crippen LogP contribution in [-0.4, -0.2) is 92.9 Å². The number of benzene rings is 3. The molecule has 4 rings (SSSR count). The molecule has 1 aliphatic rings. The first-order valence-corrected chi connectivity index (χ1v) is 15.3. The van der Waals surface area contributed by atoms with Gasteiger partial charge < -0.3 is 55.1 Å². The van der Waals surface area contributed by atoms with Crippen LogP contribution in [0.15, 0.2) is 72.8 Å². The molecule has 9 N–H and O–H groups in total. The molecule has 0 aliphatic carbocycles. The smallest absolute Gasteiger partial charge is 0.446 e. The molecule has 3 amide bonds. The fourth-order valence-corrected chi connectivity index (χ4v) is 4.12. The van der Waals surface area contributed by atoms with E-state index < -0.39 is 47.1 Å². The Hall–Kier alpha value is -5.31. The summed E-state index contributed by atoms with van der Waals surface area (Å²) in [5, 5.41) is 54.5. The first-order valence-electron chi connectivity index (χ1n) is 13.9. The number of hydrogen-bond acceptors (Lipinski definition) is 13. The van der Waals surface area contributed by atoms with Gasteiger partial charge in [-0.3, -0.25) is 18.9 Å². The van der Waals surface area contributed by atoms with Crippen molar-refractivity contribution in [1.82, 2.24) is 0 Å². The Bertz CT molecular complexity index is 1670. The van der Waals surface area contributed by atoms with Crippen molar-refractivity contribution in [3.8, 4) is 17.2 Å². The Kier molecular flexibility index (Phi) is 14.9. The molecule has 5 atom stereocenters. The lowest BCUT2D eigenvalue weighted by atomic mass is 9.99. The summed E-state index contributed by atoms with van der Waals surface area (Å²) in [5.41, 5.74) is 1.72. The summed E-state index contributed by atoms with van der Waals surface area (Å²) in [5.74, 6) is -1.71. The molecule has 3 aromatic rings. The maximum Gasteiger partial charge on any atom is 0.446 e. The maximum atomic E-state index is 11.0. The third kappa shape index (κ3) is 14.6. The molecular formula is C30H35N3O15S. The van der Waals surface area contributed by atoms with Gasteiger partial charge in [0.2, 0.25) is 24.0 Å². The van der Waals surface area contributed by atoms with Crippen molar-refractivity contribution in [3.63, 3.8) is 0 Å². The molecule has 0 radical (unpaired) electrons. The number of nitrogens with one attached hydrogen (secondary N) is 3. The van der Waals surface area contributed by atoms with Gasteiger partial charge in [0.05, 0.1) is 0 Å². The quantitative estimate of drug-likeness (QED) is 0.117. The van der Waals surface area contributed by atoms with E-state index in [-0.39, 0.29) is 35.0 Å². The van der Waals surface area contributed by atoms with E-state index in [1.165, 1.54) is 81.4 Å². The summed E-state index contributed by atoms with van der Waals surface area (Å²) in [6.45, 7) is 4.14. The molecule has 1 saturated heterocycles. The van der Waals surface area contributed by atoms with Gasteiger partial charge in [-0.2, -0.15) is 8.42 Å². The van der Waals surface area contributed by atoms with Crippen LogP contribution in [0.4, 0.5) is 17.1 Å². The minimum atomic E-state index is -4.50. The number of aliphatic hydroxyl groups is 3. The maximum absolute atomic E-state index is 11.0. The zero-order chi connectivity index (χ0) is 36.9. The van der Waals surface area contributed by atoms with Crippen LogP contribution in [-0.2, 0) is 34.3 Å². The van der Waals surface area contributed by atoms with Crippen LogP contribution >= 0.6 is 0 Å². The van der Waals surface area contributed by atoms with Crippen molar-refractivity contribution in [2.45, 2.75) is 51.5 Å². The van der Waals surface area contributed by atoms with E-state index in [0.717, 1.165) is 0 Å². The van der Waals surface area contributed by atoms with Gasteiger partial charge in [0, 0.05) is 37.8 Å². The first-order chi connectivity index (χ1) is 22.8. The normalized spacial score (nSPS) is 19.7. The van der Waals surface area contributed by atoms with E-state index in [9.17, 15) is 42.9 Å². The monoisotopic (exact) mass is 709 g/mol. The molecule has 1 aliphatic heterocycles. The van der Waals surface area contributed by atoms with Crippen molar-refractivity contribution >= 4 is 51.2 Å².